The van der Waals surface area contributed by atoms with Crippen molar-refractivity contribution in [1.29, 1.82) is 0 Å². The highest BCUT2D eigenvalue weighted by molar-refractivity contribution is 6.06. The number of ether oxygens (including phenoxy) is 1. The first-order chi connectivity index (χ1) is 13.2. The molecular formula is C22H21N3O2. The van der Waals surface area contributed by atoms with Crippen LogP contribution in [-0.2, 0) is 13.0 Å². The molecule has 5 nitrogen and oxygen atoms in total. The number of nitrogens with one attached hydrogen (secondary N) is 1. The largest absolute Gasteiger partial charge is 0.496 e. The zero-order valence-electron chi connectivity index (χ0n) is 15.2. The van der Waals surface area contributed by atoms with Gasteiger partial charge in [0.05, 0.1) is 24.6 Å². The van der Waals surface area contributed by atoms with Crippen molar-refractivity contribution in [2.45, 2.75) is 13.0 Å². The number of methoxy groups -OCH3 is 1. The van der Waals surface area contributed by atoms with Gasteiger partial charge in [-0.15, -0.1) is 0 Å². The Morgan fingerprint density at radius 1 is 1.04 bits per heavy atom. The Hall–Kier alpha value is -3.34. The Labute approximate surface area is 158 Å². The van der Waals surface area contributed by atoms with Crippen molar-refractivity contribution in [2.75, 3.05) is 23.9 Å². The maximum absolute atomic E-state index is 12.5. The number of nitrogens with zero attached hydrogens (tertiary/aromatic N) is 2. The molecule has 0 saturated heterocycles. The first kappa shape index (κ1) is 17.1. The van der Waals surface area contributed by atoms with E-state index in [1.807, 2.05) is 24.3 Å². The second kappa shape index (κ2) is 7.50. The van der Waals surface area contributed by atoms with Gasteiger partial charge in [-0.2, -0.15) is 0 Å². The molecule has 1 aliphatic heterocycles. The standard InChI is InChI=1S/C22H21N3O2/c1-27-20-9-5-4-8-19(20)22(26)24-18-10-11-21(23-14-18)25-13-12-16-6-2-3-7-17(16)15-25/h2-11,14H,12-13,15H2,1H3,(H,24,26). The minimum Gasteiger partial charge on any atom is -0.496 e. The Balaban J connectivity index is 1.46. The fourth-order valence-corrected chi connectivity index (χ4v) is 3.37. The number of carbonyl (C=O) groups is 1. The molecule has 4 rings (SSSR count). The Bertz CT molecular complexity index is 954. The van der Waals surface area contributed by atoms with Crippen molar-refractivity contribution in [1.82, 2.24) is 4.98 Å². The zero-order chi connectivity index (χ0) is 18.6. The smallest absolute Gasteiger partial charge is 0.259 e. The second-order valence-corrected chi connectivity index (χ2v) is 6.50. The van der Waals surface area contributed by atoms with Gasteiger partial charge in [0.2, 0.25) is 0 Å². The van der Waals surface area contributed by atoms with Crippen molar-refractivity contribution < 1.29 is 9.53 Å². The van der Waals surface area contributed by atoms with Gasteiger partial charge < -0.3 is 15.0 Å². The minimum atomic E-state index is -0.214. The van der Waals surface area contributed by atoms with E-state index in [2.05, 4.69) is 39.5 Å². The van der Waals surface area contributed by atoms with Crippen molar-refractivity contribution in [2.24, 2.45) is 0 Å². The summed E-state index contributed by atoms with van der Waals surface area (Å²) >= 11 is 0. The first-order valence-corrected chi connectivity index (χ1v) is 8.97. The molecule has 136 valence electrons. The molecule has 1 aromatic heterocycles. The molecule has 1 aliphatic rings. The van der Waals surface area contributed by atoms with Crippen LogP contribution in [0.15, 0.2) is 66.9 Å². The fraction of sp³-hybridized carbons (Fsp3) is 0.182. The van der Waals surface area contributed by atoms with E-state index < -0.39 is 0 Å². The number of rotatable bonds is 4. The van der Waals surface area contributed by atoms with Crippen LogP contribution in [0.5, 0.6) is 5.75 Å². The molecule has 0 saturated carbocycles. The summed E-state index contributed by atoms with van der Waals surface area (Å²) in [7, 11) is 1.55. The van der Waals surface area contributed by atoms with Gasteiger partial charge in [0.1, 0.15) is 11.6 Å². The van der Waals surface area contributed by atoms with E-state index in [9.17, 15) is 4.79 Å². The van der Waals surface area contributed by atoms with E-state index in [1.54, 1.807) is 25.4 Å². The molecule has 0 spiro atoms. The van der Waals surface area contributed by atoms with Crippen molar-refractivity contribution in [3.05, 3.63) is 83.6 Å². The van der Waals surface area contributed by atoms with Crippen LogP contribution < -0.4 is 15.0 Å². The van der Waals surface area contributed by atoms with Gasteiger partial charge in [0, 0.05) is 13.1 Å². The lowest BCUT2D eigenvalue weighted by molar-refractivity contribution is 0.102. The van der Waals surface area contributed by atoms with Crippen molar-refractivity contribution in [3.8, 4) is 5.75 Å². The molecule has 0 fully saturated rings. The molecule has 0 bridgehead atoms. The number of aromatic nitrogens is 1. The SMILES string of the molecule is COc1ccccc1C(=O)Nc1ccc(N2CCc3ccccc3C2)nc1. The van der Waals surface area contributed by atoms with Crippen LogP contribution in [0.4, 0.5) is 11.5 Å². The van der Waals surface area contributed by atoms with Gasteiger partial charge in [-0.05, 0) is 41.8 Å². The molecule has 2 aromatic carbocycles. The van der Waals surface area contributed by atoms with Crippen LogP contribution >= 0.6 is 0 Å². The normalized spacial score (nSPS) is 13.0. The van der Waals surface area contributed by atoms with E-state index >= 15 is 0 Å². The molecule has 0 unspecified atom stereocenters. The lowest BCUT2D eigenvalue weighted by atomic mass is 10.00. The van der Waals surface area contributed by atoms with Gasteiger partial charge in [-0.1, -0.05) is 36.4 Å². The van der Waals surface area contributed by atoms with E-state index in [1.165, 1.54) is 11.1 Å². The number of carbonyl (C=O) groups excluding carboxylic acids is 1. The zero-order valence-corrected chi connectivity index (χ0v) is 15.2. The fourth-order valence-electron chi connectivity index (χ4n) is 3.37. The number of benzene rings is 2. The number of hydrogen-bond acceptors (Lipinski definition) is 4. The summed E-state index contributed by atoms with van der Waals surface area (Å²) in [6.45, 7) is 1.80. The minimum absolute atomic E-state index is 0.214. The number of anilines is 2. The van der Waals surface area contributed by atoms with Crippen LogP contribution in [0.1, 0.15) is 21.5 Å². The van der Waals surface area contributed by atoms with E-state index in [0.29, 0.717) is 17.0 Å². The molecule has 1 N–H and O–H groups in total. The third kappa shape index (κ3) is 3.62. The molecular weight excluding hydrogens is 338 g/mol. The molecule has 0 aliphatic carbocycles. The summed E-state index contributed by atoms with van der Waals surface area (Å²) in [5.74, 6) is 1.25. The van der Waals surface area contributed by atoms with Gasteiger partial charge >= 0.3 is 0 Å². The molecule has 0 radical (unpaired) electrons. The van der Waals surface area contributed by atoms with Crippen molar-refractivity contribution >= 4 is 17.4 Å². The summed E-state index contributed by atoms with van der Waals surface area (Å²) in [5, 5.41) is 2.88. The van der Waals surface area contributed by atoms with E-state index in [0.717, 1.165) is 25.3 Å². The summed E-state index contributed by atoms with van der Waals surface area (Å²) in [4.78, 5) is 19.3. The summed E-state index contributed by atoms with van der Waals surface area (Å²) in [5.41, 5.74) is 3.91. The topological polar surface area (TPSA) is 54.5 Å². The summed E-state index contributed by atoms with van der Waals surface area (Å²) < 4.78 is 5.25. The van der Waals surface area contributed by atoms with Crippen LogP contribution in [0, 0.1) is 0 Å². The number of fused-ring (bicyclic) bond motifs is 1. The van der Waals surface area contributed by atoms with Crippen LogP contribution in [0.2, 0.25) is 0 Å². The second-order valence-electron chi connectivity index (χ2n) is 6.50. The van der Waals surface area contributed by atoms with Gasteiger partial charge in [0.15, 0.2) is 0 Å². The number of hydrogen-bond donors (Lipinski definition) is 1. The van der Waals surface area contributed by atoms with Crippen LogP contribution in [-0.4, -0.2) is 24.5 Å². The summed E-state index contributed by atoms with van der Waals surface area (Å²) in [6.07, 6.45) is 2.72. The van der Waals surface area contributed by atoms with Crippen LogP contribution in [0.3, 0.4) is 0 Å². The Morgan fingerprint density at radius 2 is 1.81 bits per heavy atom. The molecule has 27 heavy (non-hydrogen) atoms. The summed E-state index contributed by atoms with van der Waals surface area (Å²) in [6, 6.07) is 19.5. The highest BCUT2D eigenvalue weighted by atomic mass is 16.5. The van der Waals surface area contributed by atoms with Crippen molar-refractivity contribution in [3.63, 3.8) is 0 Å². The Kier molecular flexibility index (Phi) is 4.75. The molecule has 2 heterocycles. The quantitative estimate of drug-likeness (QED) is 0.767. The molecule has 0 atom stereocenters. The number of pyridine rings is 1. The molecule has 3 aromatic rings. The Morgan fingerprint density at radius 3 is 2.59 bits per heavy atom. The number of amides is 1. The van der Waals surface area contributed by atoms with Gasteiger partial charge in [-0.3, -0.25) is 4.79 Å². The maximum Gasteiger partial charge on any atom is 0.259 e. The lowest BCUT2D eigenvalue weighted by Crippen LogP contribution is -2.30. The number of para-hydroxylation sites is 1. The third-order valence-corrected chi connectivity index (χ3v) is 4.81. The van der Waals surface area contributed by atoms with Gasteiger partial charge in [0.25, 0.3) is 5.91 Å². The highest BCUT2D eigenvalue weighted by Crippen LogP contribution is 2.24. The molecule has 1 amide bonds. The lowest BCUT2D eigenvalue weighted by Gasteiger charge is -2.29. The molecule has 5 heteroatoms. The maximum atomic E-state index is 12.5. The monoisotopic (exact) mass is 359 g/mol. The van der Waals surface area contributed by atoms with E-state index in [4.69, 9.17) is 4.74 Å². The third-order valence-electron chi connectivity index (χ3n) is 4.81. The van der Waals surface area contributed by atoms with E-state index in [-0.39, 0.29) is 5.91 Å². The predicted molar refractivity (Wildman–Crippen MR) is 106 cm³/mol. The first-order valence-electron chi connectivity index (χ1n) is 8.97. The highest BCUT2D eigenvalue weighted by Gasteiger charge is 2.17. The average molecular weight is 359 g/mol. The predicted octanol–water partition coefficient (Wildman–Crippen LogP) is 3.91. The van der Waals surface area contributed by atoms with Gasteiger partial charge in [-0.25, -0.2) is 4.98 Å². The average Bonchev–Trinajstić information content (AvgIpc) is 2.74. The van der Waals surface area contributed by atoms with Crippen LogP contribution in [0.25, 0.3) is 0 Å².